The zero-order valence-corrected chi connectivity index (χ0v) is 10.1. The minimum absolute atomic E-state index is 0.120. The van der Waals surface area contributed by atoms with Crippen LogP contribution in [-0.2, 0) is 7.05 Å². The Morgan fingerprint density at radius 2 is 2.22 bits per heavy atom. The zero-order chi connectivity index (χ0) is 12.7. The van der Waals surface area contributed by atoms with Crippen LogP contribution in [0.4, 0.5) is 5.82 Å². The van der Waals surface area contributed by atoms with E-state index in [1.165, 1.54) is 0 Å². The predicted octanol–water partition coefficient (Wildman–Crippen LogP) is 0.978. The van der Waals surface area contributed by atoms with Gasteiger partial charge in [0.15, 0.2) is 0 Å². The molecule has 0 aliphatic carbocycles. The third-order valence-electron chi connectivity index (χ3n) is 2.97. The molecule has 2 N–H and O–H groups in total. The van der Waals surface area contributed by atoms with Crippen LogP contribution in [0.2, 0.25) is 0 Å². The van der Waals surface area contributed by atoms with E-state index in [2.05, 4.69) is 20.7 Å². The van der Waals surface area contributed by atoms with Gasteiger partial charge in [0, 0.05) is 25.0 Å². The summed E-state index contributed by atoms with van der Waals surface area (Å²) in [5.41, 5.74) is 2.40. The predicted molar refractivity (Wildman–Crippen MR) is 66.0 cm³/mol. The van der Waals surface area contributed by atoms with Crippen LogP contribution < -0.4 is 10.6 Å². The summed E-state index contributed by atoms with van der Waals surface area (Å²) in [4.78, 5) is 16.2. The number of amides is 1. The van der Waals surface area contributed by atoms with Crippen LogP contribution in [0.15, 0.2) is 24.5 Å². The number of aryl methyl sites for hydroxylation is 2. The third-order valence-corrected chi connectivity index (χ3v) is 2.97. The number of carbonyl (C=O) groups is 1. The minimum atomic E-state index is -0.284. The number of fused-ring (bicyclic) bond motifs is 1. The molecule has 1 atom stereocenters. The molecule has 6 heteroatoms. The molecule has 2 aromatic rings. The van der Waals surface area contributed by atoms with E-state index in [1.54, 1.807) is 23.0 Å². The normalized spacial score (nSPS) is 17.9. The number of nitrogens with zero attached hydrogens (tertiary/aromatic N) is 3. The lowest BCUT2D eigenvalue weighted by molar-refractivity contribution is 0.0935. The Morgan fingerprint density at radius 1 is 1.39 bits per heavy atom. The lowest BCUT2D eigenvalue weighted by atomic mass is 10.1. The number of carbonyl (C=O) groups excluding carboxylic acids is 1. The molecule has 3 heterocycles. The second-order valence-corrected chi connectivity index (χ2v) is 4.29. The molecule has 0 bridgehead atoms. The molecule has 0 saturated carbocycles. The van der Waals surface area contributed by atoms with E-state index < -0.39 is 0 Å². The van der Waals surface area contributed by atoms with Crippen molar-refractivity contribution in [3.63, 3.8) is 0 Å². The first-order valence-corrected chi connectivity index (χ1v) is 5.67. The van der Waals surface area contributed by atoms with E-state index in [0.717, 1.165) is 11.3 Å². The molecule has 1 aliphatic rings. The number of anilines is 1. The van der Waals surface area contributed by atoms with Crippen LogP contribution in [0.3, 0.4) is 0 Å². The van der Waals surface area contributed by atoms with E-state index in [9.17, 15) is 4.79 Å². The summed E-state index contributed by atoms with van der Waals surface area (Å²) in [5, 5.41) is 10.4. The summed E-state index contributed by atoms with van der Waals surface area (Å²) in [6, 6.07) is 3.49. The maximum absolute atomic E-state index is 12.0. The van der Waals surface area contributed by atoms with Crippen molar-refractivity contribution >= 4 is 11.7 Å². The monoisotopic (exact) mass is 243 g/mol. The largest absolute Gasteiger partial charge is 0.345 e. The summed E-state index contributed by atoms with van der Waals surface area (Å²) in [6.45, 7) is 1.91. The second kappa shape index (κ2) is 3.83. The Labute approximate surface area is 104 Å². The van der Waals surface area contributed by atoms with Gasteiger partial charge in [-0.1, -0.05) is 0 Å². The summed E-state index contributed by atoms with van der Waals surface area (Å²) in [5.74, 6) is 0.486. The topological polar surface area (TPSA) is 71.8 Å². The van der Waals surface area contributed by atoms with Crippen molar-refractivity contribution < 1.29 is 4.79 Å². The molecule has 1 aliphatic heterocycles. The van der Waals surface area contributed by atoms with Crippen LogP contribution in [-0.4, -0.2) is 20.7 Å². The zero-order valence-electron chi connectivity index (χ0n) is 10.1. The van der Waals surface area contributed by atoms with Crippen molar-refractivity contribution in [2.45, 2.75) is 13.1 Å². The molecule has 1 unspecified atom stereocenters. The van der Waals surface area contributed by atoms with Gasteiger partial charge < -0.3 is 10.6 Å². The fourth-order valence-electron chi connectivity index (χ4n) is 2.14. The lowest BCUT2D eigenvalue weighted by Gasteiger charge is -2.26. The average molecular weight is 243 g/mol. The fourth-order valence-corrected chi connectivity index (χ4v) is 2.14. The van der Waals surface area contributed by atoms with Gasteiger partial charge in [-0.25, -0.2) is 4.98 Å². The van der Waals surface area contributed by atoms with E-state index in [4.69, 9.17) is 0 Å². The van der Waals surface area contributed by atoms with Gasteiger partial charge in [-0.2, -0.15) is 5.10 Å². The standard InChI is InChI=1S/C12H13N5O/c1-7-9(6-17(2)16-7)11-14-10-8(12(18)15-11)4-3-5-13-10/h3-6,11H,1-2H3,(H,13,14)(H,15,18). The molecule has 0 aromatic carbocycles. The van der Waals surface area contributed by atoms with Crippen LogP contribution in [0.5, 0.6) is 0 Å². The molecular formula is C12H13N5O. The smallest absolute Gasteiger partial charge is 0.256 e. The minimum Gasteiger partial charge on any atom is -0.345 e. The number of aromatic nitrogens is 3. The number of hydrogen-bond donors (Lipinski definition) is 2. The van der Waals surface area contributed by atoms with E-state index in [-0.39, 0.29) is 12.1 Å². The van der Waals surface area contributed by atoms with Gasteiger partial charge in [-0.15, -0.1) is 0 Å². The first kappa shape index (κ1) is 10.8. The number of nitrogens with one attached hydrogen (secondary N) is 2. The van der Waals surface area contributed by atoms with Gasteiger partial charge in [-0.05, 0) is 19.1 Å². The molecule has 92 valence electrons. The Bertz CT molecular complexity index is 619. The first-order chi connectivity index (χ1) is 8.65. The summed E-state index contributed by atoms with van der Waals surface area (Å²) < 4.78 is 1.73. The maximum atomic E-state index is 12.0. The Hall–Kier alpha value is -2.37. The lowest BCUT2D eigenvalue weighted by Crippen LogP contribution is -2.39. The van der Waals surface area contributed by atoms with Crippen LogP contribution >= 0.6 is 0 Å². The number of pyridine rings is 1. The summed E-state index contributed by atoms with van der Waals surface area (Å²) in [7, 11) is 1.85. The molecule has 3 rings (SSSR count). The number of rotatable bonds is 1. The van der Waals surface area contributed by atoms with Gasteiger partial charge in [0.1, 0.15) is 12.0 Å². The maximum Gasteiger partial charge on any atom is 0.256 e. The second-order valence-electron chi connectivity index (χ2n) is 4.29. The number of hydrogen-bond acceptors (Lipinski definition) is 4. The van der Waals surface area contributed by atoms with Crippen molar-refractivity contribution in [2.24, 2.45) is 7.05 Å². The third kappa shape index (κ3) is 1.62. The highest BCUT2D eigenvalue weighted by molar-refractivity contribution is 6.00. The Kier molecular flexibility index (Phi) is 2.29. The highest BCUT2D eigenvalue weighted by Crippen LogP contribution is 2.25. The van der Waals surface area contributed by atoms with E-state index in [0.29, 0.717) is 11.4 Å². The van der Waals surface area contributed by atoms with E-state index in [1.807, 2.05) is 20.2 Å². The SMILES string of the molecule is Cc1nn(C)cc1C1NC(=O)c2cccnc2N1. The van der Waals surface area contributed by atoms with Gasteiger partial charge in [0.05, 0.1) is 11.3 Å². The Balaban J connectivity index is 1.99. The van der Waals surface area contributed by atoms with Crippen molar-refractivity contribution in [1.29, 1.82) is 0 Å². The molecule has 6 nitrogen and oxygen atoms in total. The summed E-state index contributed by atoms with van der Waals surface area (Å²) >= 11 is 0. The quantitative estimate of drug-likeness (QED) is 0.783. The van der Waals surface area contributed by atoms with Crippen LogP contribution in [0.1, 0.15) is 27.8 Å². The van der Waals surface area contributed by atoms with Gasteiger partial charge >= 0.3 is 0 Å². The Morgan fingerprint density at radius 3 is 2.94 bits per heavy atom. The van der Waals surface area contributed by atoms with Crippen molar-refractivity contribution in [3.05, 3.63) is 41.3 Å². The molecule has 0 radical (unpaired) electrons. The summed E-state index contributed by atoms with van der Waals surface area (Å²) in [6.07, 6.45) is 3.27. The fraction of sp³-hybridized carbons (Fsp3) is 0.250. The molecular weight excluding hydrogens is 230 g/mol. The molecule has 0 saturated heterocycles. The molecule has 0 fully saturated rings. The molecule has 2 aromatic heterocycles. The molecule has 18 heavy (non-hydrogen) atoms. The molecule has 0 spiro atoms. The average Bonchev–Trinajstić information content (AvgIpc) is 2.68. The van der Waals surface area contributed by atoms with Crippen molar-refractivity contribution in [2.75, 3.05) is 5.32 Å². The van der Waals surface area contributed by atoms with Crippen LogP contribution in [0.25, 0.3) is 0 Å². The van der Waals surface area contributed by atoms with Gasteiger partial charge in [0.2, 0.25) is 0 Å². The van der Waals surface area contributed by atoms with E-state index >= 15 is 0 Å². The molecule has 1 amide bonds. The van der Waals surface area contributed by atoms with Crippen molar-refractivity contribution in [3.8, 4) is 0 Å². The highest BCUT2D eigenvalue weighted by Gasteiger charge is 2.27. The van der Waals surface area contributed by atoms with Gasteiger partial charge in [-0.3, -0.25) is 9.48 Å². The highest BCUT2D eigenvalue weighted by atomic mass is 16.2. The van der Waals surface area contributed by atoms with Gasteiger partial charge in [0.25, 0.3) is 5.91 Å². The van der Waals surface area contributed by atoms with Crippen LogP contribution in [0, 0.1) is 6.92 Å². The van der Waals surface area contributed by atoms with Crippen molar-refractivity contribution in [1.82, 2.24) is 20.1 Å². The first-order valence-electron chi connectivity index (χ1n) is 5.67.